The molecule has 1 fully saturated rings. The zero-order valence-electron chi connectivity index (χ0n) is 17.0. The molecular formula is C20H16F7N3O2S. The molecular weight excluding hydrogens is 479 g/mol. The third-order valence-corrected chi connectivity index (χ3v) is 6.00. The van der Waals surface area contributed by atoms with Crippen molar-refractivity contribution in [3.05, 3.63) is 54.4 Å². The number of hydrogen-bond acceptors (Lipinski definition) is 4. The van der Waals surface area contributed by atoms with Crippen molar-refractivity contribution in [2.24, 2.45) is 0 Å². The molecule has 0 spiro atoms. The lowest BCUT2D eigenvalue weighted by Gasteiger charge is -2.27. The van der Waals surface area contributed by atoms with E-state index < -0.39 is 51.5 Å². The maximum atomic E-state index is 13.6. The average molecular weight is 495 g/mol. The van der Waals surface area contributed by atoms with E-state index in [0.717, 1.165) is 29.2 Å². The van der Waals surface area contributed by atoms with Crippen LogP contribution in [-0.2, 0) is 11.3 Å². The predicted octanol–water partition coefficient (Wildman–Crippen LogP) is 5.71. The number of carbonyl (C=O) groups is 2. The molecule has 1 saturated heterocycles. The molecule has 178 valence electrons. The summed E-state index contributed by atoms with van der Waals surface area (Å²) >= 11 is -0.973. The van der Waals surface area contributed by atoms with Crippen molar-refractivity contribution in [3.8, 4) is 0 Å². The van der Waals surface area contributed by atoms with Crippen LogP contribution in [0.25, 0.3) is 0 Å². The highest BCUT2D eigenvalue weighted by molar-refractivity contribution is 8.00. The van der Waals surface area contributed by atoms with E-state index in [2.05, 4.69) is 4.98 Å². The largest absolute Gasteiger partial charge is 0.460 e. The number of imide groups is 1. The number of halogens is 7. The van der Waals surface area contributed by atoms with Crippen molar-refractivity contribution in [3.63, 3.8) is 0 Å². The smallest absolute Gasteiger partial charge is 0.305 e. The topological polar surface area (TPSA) is 53.5 Å². The van der Waals surface area contributed by atoms with E-state index in [1.165, 1.54) is 31.1 Å². The molecule has 0 N–H and O–H groups in total. The van der Waals surface area contributed by atoms with Gasteiger partial charge >= 0.3 is 23.4 Å². The summed E-state index contributed by atoms with van der Waals surface area (Å²) in [6.07, 6.45) is -3.42. The zero-order chi connectivity index (χ0) is 24.8. The number of nitrogens with zero attached hydrogens (tertiary/aromatic N) is 3. The number of thioether (sulfide) groups is 1. The van der Waals surface area contributed by atoms with Crippen molar-refractivity contribution in [2.45, 2.75) is 48.2 Å². The van der Waals surface area contributed by atoms with Crippen LogP contribution < -0.4 is 4.90 Å². The standard InChI is InChI=1S/C20H16F7N3O2S/c1-17(2)15(31)30(16(32)29(17)11-12-7-9-28-10-8-12)13-3-5-14(6-4-13)33-20(26,27)18(21,22)19(23,24)25/h3-10H,11H2,1-2H3. The Labute approximate surface area is 187 Å². The Bertz CT molecular complexity index is 1040. The van der Waals surface area contributed by atoms with Crippen LogP contribution in [0.5, 0.6) is 0 Å². The number of hydrogen-bond donors (Lipinski definition) is 0. The summed E-state index contributed by atoms with van der Waals surface area (Å²) in [4.78, 5) is 31.2. The fourth-order valence-electron chi connectivity index (χ4n) is 3.04. The molecule has 0 unspecified atom stereocenters. The van der Waals surface area contributed by atoms with Crippen molar-refractivity contribution in [1.82, 2.24) is 9.88 Å². The van der Waals surface area contributed by atoms with Crippen LogP contribution >= 0.6 is 11.8 Å². The lowest BCUT2D eigenvalue weighted by atomic mass is 10.0. The Hall–Kier alpha value is -2.83. The van der Waals surface area contributed by atoms with E-state index in [9.17, 15) is 40.3 Å². The fraction of sp³-hybridized carbons (Fsp3) is 0.350. The molecule has 3 amide bonds. The quantitative estimate of drug-likeness (QED) is 0.293. The Morgan fingerprint density at radius 2 is 1.45 bits per heavy atom. The molecule has 33 heavy (non-hydrogen) atoms. The van der Waals surface area contributed by atoms with Crippen molar-refractivity contribution in [2.75, 3.05) is 4.90 Å². The Kier molecular flexibility index (Phi) is 6.15. The maximum absolute atomic E-state index is 13.6. The first kappa shape index (κ1) is 24.8. The van der Waals surface area contributed by atoms with Gasteiger partial charge in [-0.25, -0.2) is 9.69 Å². The van der Waals surface area contributed by atoms with Gasteiger partial charge in [0.2, 0.25) is 0 Å². The number of benzene rings is 1. The molecule has 0 bridgehead atoms. The minimum atomic E-state index is -6.44. The Balaban J connectivity index is 1.83. The van der Waals surface area contributed by atoms with Gasteiger partial charge in [-0.15, -0.1) is 0 Å². The van der Waals surface area contributed by atoms with Crippen LogP contribution in [0.15, 0.2) is 53.7 Å². The van der Waals surface area contributed by atoms with Crippen LogP contribution in [0, 0.1) is 0 Å². The molecule has 0 saturated carbocycles. The number of carbonyl (C=O) groups excluding carboxylic acids is 2. The molecule has 5 nitrogen and oxygen atoms in total. The highest BCUT2D eigenvalue weighted by Gasteiger charge is 2.73. The van der Waals surface area contributed by atoms with Gasteiger partial charge in [0.25, 0.3) is 5.91 Å². The van der Waals surface area contributed by atoms with Gasteiger partial charge in [0.15, 0.2) is 0 Å². The molecule has 1 aromatic heterocycles. The van der Waals surface area contributed by atoms with Gasteiger partial charge in [-0.05, 0) is 67.6 Å². The van der Waals surface area contributed by atoms with Gasteiger partial charge < -0.3 is 4.90 Å². The molecule has 1 aliphatic rings. The maximum Gasteiger partial charge on any atom is 0.460 e. The molecule has 2 heterocycles. The number of urea groups is 1. The molecule has 1 aromatic carbocycles. The second-order valence-electron chi connectivity index (χ2n) is 7.61. The fourth-order valence-corrected chi connectivity index (χ4v) is 3.85. The van der Waals surface area contributed by atoms with E-state index in [4.69, 9.17) is 0 Å². The number of pyridine rings is 1. The Morgan fingerprint density at radius 3 is 1.97 bits per heavy atom. The molecule has 3 rings (SSSR count). The van der Waals surface area contributed by atoms with Crippen LogP contribution in [0.4, 0.5) is 41.2 Å². The minimum Gasteiger partial charge on any atom is -0.305 e. The van der Waals surface area contributed by atoms with Crippen LogP contribution in [0.1, 0.15) is 19.4 Å². The van der Waals surface area contributed by atoms with E-state index in [1.54, 1.807) is 12.1 Å². The molecule has 0 radical (unpaired) electrons. The summed E-state index contributed by atoms with van der Waals surface area (Å²) in [7, 11) is 0. The van der Waals surface area contributed by atoms with Crippen LogP contribution in [0.3, 0.4) is 0 Å². The second-order valence-corrected chi connectivity index (χ2v) is 8.80. The molecule has 13 heteroatoms. The number of aromatic nitrogens is 1. The summed E-state index contributed by atoms with van der Waals surface area (Å²) in [5.41, 5.74) is -0.624. The van der Waals surface area contributed by atoms with Gasteiger partial charge in [0.05, 0.1) is 5.69 Å². The van der Waals surface area contributed by atoms with Gasteiger partial charge in [-0.3, -0.25) is 9.78 Å². The molecule has 0 atom stereocenters. The summed E-state index contributed by atoms with van der Waals surface area (Å²) < 4.78 is 90.5. The average Bonchev–Trinajstić information content (AvgIpc) is 2.88. The molecule has 2 aromatic rings. The van der Waals surface area contributed by atoms with Gasteiger partial charge in [-0.1, -0.05) is 0 Å². The SMILES string of the molecule is CC1(C)C(=O)N(c2ccc(SC(F)(F)C(F)(F)C(F)(F)F)cc2)C(=O)N1Cc1ccncc1. The van der Waals surface area contributed by atoms with Crippen molar-refractivity contribution < 1.29 is 40.3 Å². The monoisotopic (exact) mass is 495 g/mol. The van der Waals surface area contributed by atoms with E-state index in [1.807, 2.05) is 0 Å². The molecule has 0 aliphatic carbocycles. The van der Waals surface area contributed by atoms with E-state index >= 15 is 0 Å². The third-order valence-electron chi connectivity index (χ3n) is 4.98. The third kappa shape index (κ3) is 4.37. The normalized spacial score (nSPS) is 17.1. The van der Waals surface area contributed by atoms with Crippen LogP contribution in [-0.4, -0.2) is 44.7 Å². The lowest BCUT2D eigenvalue weighted by molar-refractivity contribution is -0.330. The minimum absolute atomic E-state index is 0.0504. The lowest BCUT2D eigenvalue weighted by Crippen LogP contribution is -2.49. The summed E-state index contributed by atoms with van der Waals surface area (Å²) in [6, 6.07) is 6.30. The van der Waals surface area contributed by atoms with E-state index in [-0.39, 0.29) is 12.2 Å². The van der Waals surface area contributed by atoms with Gasteiger partial charge in [-0.2, -0.15) is 30.7 Å². The van der Waals surface area contributed by atoms with Gasteiger partial charge in [0.1, 0.15) is 5.54 Å². The summed E-state index contributed by atoms with van der Waals surface area (Å²) in [5, 5.41) is -5.48. The van der Waals surface area contributed by atoms with Gasteiger partial charge in [0, 0.05) is 23.8 Å². The number of amides is 3. The van der Waals surface area contributed by atoms with E-state index in [0.29, 0.717) is 5.56 Å². The number of rotatable bonds is 6. The first-order valence-electron chi connectivity index (χ1n) is 9.26. The van der Waals surface area contributed by atoms with Crippen LogP contribution in [0.2, 0.25) is 0 Å². The van der Waals surface area contributed by atoms with Crippen molar-refractivity contribution in [1.29, 1.82) is 0 Å². The number of alkyl halides is 7. The zero-order valence-corrected chi connectivity index (χ0v) is 17.9. The summed E-state index contributed by atoms with van der Waals surface area (Å²) in [6.45, 7) is 3.10. The number of anilines is 1. The predicted molar refractivity (Wildman–Crippen MR) is 105 cm³/mol. The molecule has 1 aliphatic heterocycles. The summed E-state index contributed by atoms with van der Waals surface area (Å²) in [5.74, 6) is -6.89. The first-order valence-corrected chi connectivity index (χ1v) is 10.1. The second kappa shape index (κ2) is 8.19. The Morgan fingerprint density at radius 1 is 0.909 bits per heavy atom. The highest BCUT2D eigenvalue weighted by atomic mass is 32.2. The van der Waals surface area contributed by atoms with Crippen molar-refractivity contribution >= 4 is 29.4 Å². The first-order chi connectivity index (χ1) is 15.1. The highest BCUT2D eigenvalue weighted by Crippen LogP contribution is 2.54.